The van der Waals surface area contributed by atoms with Crippen LogP contribution in [0, 0.1) is 0 Å². The van der Waals surface area contributed by atoms with E-state index in [4.69, 9.17) is 15.2 Å². The number of hydrogen-bond acceptors (Lipinski definition) is 5. The zero-order chi connectivity index (χ0) is 16.4. The number of rotatable bonds is 5. The SMILES string of the molecule is COc1cc(N)c(C(=O)NC(C)(C)C(C)(C)O)cc1OC. The molecule has 1 aromatic carbocycles. The number of methoxy groups -OCH3 is 2. The Labute approximate surface area is 125 Å². The first-order chi connectivity index (χ1) is 9.53. The lowest BCUT2D eigenvalue weighted by Gasteiger charge is -2.38. The normalized spacial score (nSPS) is 12.0. The zero-order valence-electron chi connectivity index (χ0n) is 13.4. The molecule has 1 rings (SSSR count). The molecular weight excluding hydrogens is 272 g/mol. The van der Waals surface area contributed by atoms with Crippen LogP contribution in [0.25, 0.3) is 0 Å². The number of ether oxygens (including phenoxy) is 2. The van der Waals surface area contributed by atoms with E-state index in [-0.39, 0.29) is 17.2 Å². The Morgan fingerprint density at radius 3 is 2.05 bits per heavy atom. The molecule has 1 amide bonds. The molecule has 0 unspecified atom stereocenters. The maximum atomic E-state index is 12.4. The standard InChI is InChI=1S/C15H24N2O4/c1-14(2,15(3,4)19)17-13(18)9-7-11(20-5)12(21-6)8-10(9)16/h7-8,19H,16H2,1-6H3,(H,17,18). The lowest BCUT2D eigenvalue weighted by Crippen LogP contribution is -2.57. The largest absolute Gasteiger partial charge is 0.493 e. The number of nitrogen functional groups attached to an aromatic ring is 1. The molecule has 0 aliphatic carbocycles. The van der Waals surface area contributed by atoms with Gasteiger partial charge in [0, 0.05) is 11.8 Å². The lowest BCUT2D eigenvalue weighted by atomic mass is 9.85. The molecule has 0 spiro atoms. The first-order valence-corrected chi connectivity index (χ1v) is 6.60. The molecule has 4 N–H and O–H groups in total. The average molecular weight is 296 g/mol. The van der Waals surface area contributed by atoms with Gasteiger partial charge in [-0.05, 0) is 33.8 Å². The third-order valence-electron chi connectivity index (χ3n) is 3.76. The van der Waals surface area contributed by atoms with Gasteiger partial charge in [0.2, 0.25) is 0 Å². The highest BCUT2D eigenvalue weighted by molar-refractivity contribution is 6.00. The summed E-state index contributed by atoms with van der Waals surface area (Å²) in [7, 11) is 2.98. The van der Waals surface area contributed by atoms with Gasteiger partial charge in [0.1, 0.15) is 0 Å². The summed E-state index contributed by atoms with van der Waals surface area (Å²) in [6, 6.07) is 3.05. The van der Waals surface area contributed by atoms with Crippen molar-refractivity contribution in [3.63, 3.8) is 0 Å². The molecule has 21 heavy (non-hydrogen) atoms. The van der Waals surface area contributed by atoms with Crippen LogP contribution in [0.5, 0.6) is 11.5 Å². The minimum Gasteiger partial charge on any atom is -0.493 e. The maximum absolute atomic E-state index is 12.4. The third kappa shape index (κ3) is 3.58. The summed E-state index contributed by atoms with van der Waals surface area (Å²) in [5.41, 5.74) is 4.51. The molecule has 6 nitrogen and oxygen atoms in total. The molecule has 0 atom stereocenters. The molecule has 0 bridgehead atoms. The second kappa shape index (κ2) is 5.81. The topological polar surface area (TPSA) is 93.8 Å². The number of carbonyl (C=O) groups is 1. The van der Waals surface area contributed by atoms with Gasteiger partial charge in [-0.3, -0.25) is 4.79 Å². The van der Waals surface area contributed by atoms with E-state index >= 15 is 0 Å². The first-order valence-electron chi connectivity index (χ1n) is 6.60. The Morgan fingerprint density at radius 1 is 1.14 bits per heavy atom. The van der Waals surface area contributed by atoms with Gasteiger partial charge in [-0.2, -0.15) is 0 Å². The summed E-state index contributed by atoms with van der Waals surface area (Å²) in [6.07, 6.45) is 0. The Balaban J connectivity index is 3.14. The van der Waals surface area contributed by atoms with Crippen LogP contribution in [0.15, 0.2) is 12.1 Å². The summed E-state index contributed by atoms with van der Waals surface area (Å²) in [4.78, 5) is 12.4. The van der Waals surface area contributed by atoms with Crippen molar-refractivity contribution < 1.29 is 19.4 Å². The maximum Gasteiger partial charge on any atom is 0.254 e. The minimum absolute atomic E-state index is 0.268. The molecule has 118 valence electrons. The number of benzene rings is 1. The van der Waals surface area contributed by atoms with Gasteiger partial charge in [0.15, 0.2) is 11.5 Å². The molecule has 0 heterocycles. The second-order valence-corrected chi connectivity index (χ2v) is 5.93. The molecule has 1 aromatic rings. The number of nitrogens with one attached hydrogen (secondary N) is 1. The predicted octanol–water partition coefficient (Wildman–Crippen LogP) is 1.57. The van der Waals surface area contributed by atoms with Gasteiger partial charge in [0.05, 0.1) is 30.9 Å². The van der Waals surface area contributed by atoms with Crippen LogP contribution in [0.1, 0.15) is 38.1 Å². The molecule has 0 fully saturated rings. The molecular formula is C15H24N2O4. The quantitative estimate of drug-likeness (QED) is 0.717. The van der Waals surface area contributed by atoms with E-state index < -0.39 is 11.1 Å². The van der Waals surface area contributed by atoms with Crippen molar-refractivity contribution in [3.8, 4) is 11.5 Å². The van der Waals surface area contributed by atoms with Crippen LogP contribution in [0.4, 0.5) is 5.69 Å². The smallest absolute Gasteiger partial charge is 0.254 e. The molecule has 0 saturated carbocycles. The zero-order valence-corrected chi connectivity index (χ0v) is 13.4. The number of hydrogen-bond donors (Lipinski definition) is 3. The Morgan fingerprint density at radius 2 is 1.62 bits per heavy atom. The van der Waals surface area contributed by atoms with E-state index in [1.165, 1.54) is 26.4 Å². The fourth-order valence-corrected chi connectivity index (χ4v) is 1.60. The summed E-state index contributed by atoms with van der Waals surface area (Å²) >= 11 is 0. The molecule has 0 radical (unpaired) electrons. The third-order valence-corrected chi connectivity index (χ3v) is 3.76. The monoisotopic (exact) mass is 296 g/mol. The van der Waals surface area contributed by atoms with E-state index in [2.05, 4.69) is 5.32 Å². The Bertz CT molecular complexity index is 533. The number of amides is 1. The van der Waals surface area contributed by atoms with Crippen molar-refractivity contribution in [1.29, 1.82) is 0 Å². The molecule has 6 heteroatoms. The summed E-state index contributed by atoms with van der Waals surface area (Å²) < 4.78 is 10.3. The van der Waals surface area contributed by atoms with E-state index in [1.54, 1.807) is 27.7 Å². The lowest BCUT2D eigenvalue weighted by molar-refractivity contribution is -0.00291. The van der Waals surface area contributed by atoms with Gasteiger partial charge in [0.25, 0.3) is 5.91 Å². The highest BCUT2D eigenvalue weighted by Gasteiger charge is 2.36. The number of anilines is 1. The predicted molar refractivity (Wildman–Crippen MR) is 81.8 cm³/mol. The van der Waals surface area contributed by atoms with Gasteiger partial charge in [-0.15, -0.1) is 0 Å². The van der Waals surface area contributed by atoms with Crippen LogP contribution >= 0.6 is 0 Å². The fraction of sp³-hybridized carbons (Fsp3) is 0.533. The van der Waals surface area contributed by atoms with Gasteiger partial charge in [-0.1, -0.05) is 0 Å². The minimum atomic E-state index is -1.09. The van der Waals surface area contributed by atoms with Crippen molar-refractivity contribution in [2.75, 3.05) is 20.0 Å². The van der Waals surface area contributed by atoms with Crippen LogP contribution in [-0.2, 0) is 0 Å². The highest BCUT2D eigenvalue weighted by atomic mass is 16.5. The Hall–Kier alpha value is -1.95. The van der Waals surface area contributed by atoms with Crippen molar-refractivity contribution in [3.05, 3.63) is 17.7 Å². The first kappa shape index (κ1) is 17.1. The van der Waals surface area contributed by atoms with Crippen molar-refractivity contribution in [2.24, 2.45) is 0 Å². The number of aliphatic hydroxyl groups is 1. The van der Waals surface area contributed by atoms with Gasteiger partial charge >= 0.3 is 0 Å². The molecule has 0 aromatic heterocycles. The number of nitrogens with two attached hydrogens (primary N) is 1. The molecule has 0 aliphatic rings. The fourth-order valence-electron chi connectivity index (χ4n) is 1.60. The summed E-state index contributed by atoms with van der Waals surface area (Å²) in [5, 5.41) is 12.9. The number of carbonyl (C=O) groups excluding carboxylic acids is 1. The summed E-state index contributed by atoms with van der Waals surface area (Å²) in [6.45, 7) is 6.74. The van der Waals surface area contributed by atoms with E-state index in [0.29, 0.717) is 11.5 Å². The van der Waals surface area contributed by atoms with Crippen LogP contribution < -0.4 is 20.5 Å². The second-order valence-electron chi connectivity index (χ2n) is 5.93. The molecule has 0 saturated heterocycles. The van der Waals surface area contributed by atoms with Crippen LogP contribution in [-0.4, -0.2) is 36.4 Å². The van der Waals surface area contributed by atoms with Crippen LogP contribution in [0.3, 0.4) is 0 Å². The summed E-state index contributed by atoms with van der Waals surface area (Å²) in [5.74, 6) is 0.479. The highest BCUT2D eigenvalue weighted by Crippen LogP contribution is 2.32. The van der Waals surface area contributed by atoms with Crippen molar-refractivity contribution >= 4 is 11.6 Å². The van der Waals surface area contributed by atoms with Crippen molar-refractivity contribution in [2.45, 2.75) is 38.8 Å². The van der Waals surface area contributed by atoms with Gasteiger partial charge in [-0.25, -0.2) is 0 Å². The Kier molecular flexibility index (Phi) is 4.73. The van der Waals surface area contributed by atoms with Crippen LogP contribution in [0.2, 0.25) is 0 Å². The van der Waals surface area contributed by atoms with Gasteiger partial charge < -0.3 is 25.6 Å². The van der Waals surface area contributed by atoms with Crippen molar-refractivity contribution in [1.82, 2.24) is 5.32 Å². The average Bonchev–Trinajstić information content (AvgIpc) is 2.36. The van der Waals surface area contributed by atoms with E-state index in [1.807, 2.05) is 0 Å². The van der Waals surface area contributed by atoms with E-state index in [0.717, 1.165) is 0 Å². The molecule has 0 aliphatic heterocycles. The van der Waals surface area contributed by atoms with E-state index in [9.17, 15) is 9.90 Å².